The van der Waals surface area contributed by atoms with Gasteiger partial charge in [0.15, 0.2) is 0 Å². The number of carbonyl (C=O) groups excluding carboxylic acids is 4. The van der Waals surface area contributed by atoms with Gasteiger partial charge in [0, 0.05) is 40.8 Å². The van der Waals surface area contributed by atoms with E-state index in [-0.39, 0.29) is 36.1 Å². The number of amides is 3. The number of nitrogens with zero attached hydrogens (tertiary/aromatic N) is 2. The van der Waals surface area contributed by atoms with E-state index in [1.165, 1.54) is 7.85 Å². The average molecular weight is 574 g/mol. The number of rotatable bonds is 15. The summed E-state index contributed by atoms with van der Waals surface area (Å²) in [7, 11) is 6.17. The Bertz CT molecular complexity index is 1010. The molecule has 1 saturated heterocycles. The lowest BCUT2D eigenvalue weighted by molar-refractivity contribution is -0.143. The van der Waals surface area contributed by atoms with Gasteiger partial charge in [-0.2, -0.15) is 0 Å². The predicted octanol–water partition coefficient (Wildman–Crippen LogP) is 2.55. The molecular weight excluding hydrogens is 525 g/mol. The molecule has 3 amide bonds. The Kier molecular flexibility index (Phi) is 13.8. The maximum absolute atomic E-state index is 13.4. The van der Waals surface area contributed by atoms with Crippen molar-refractivity contribution in [2.75, 3.05) is 34.4 Å². The van der Waals surface area contributed by atoms with Crippen molar-refractivity contribution in [3.05, 3.63) is 35.9 Å². The molecule has 0 radical (unpaired) electrons. The smallest absolute Gasteiger partial charge is 0.243 e. The Labute approximate surface area is 245 Å². The fourth-order valence-electron chi connectivity index (χ4n) is 5.45. The van der Waals surface area contributed by atoms with Crippen molar-refractivity contribution in [3.8, 4) is 0 Å². The maximum atomic E-state index is 13.4. The third-order valence-corrected chi connectivity index (χ3v) is 7.64. The molecule has 1 heterocycles. The summed E-state index contributed by atoms with van der Waals surface area (Å²) in [5, 5.41) is 3.00. The molecule has 1 aliphatic rings. The molecule has 0 bridgehead atoms. The lowest BCUT2D eigenvalue weighted by Gasteiger charge is -2.35. The zero-order valence-electron chi connectivity index (χ0n) is 25.9. The molecule has 11 heteroatoms. The number of hydrogen-bond donors (Lipinski definition) is 1. The van der Waals surface area contributed by atoms with E-state index >= 15 is 0 Å². The van der Waals surface area contributed by atoms with Gasteiger partial charge in [-0.05, 0) is 31.2 Å². The molecule has 1 N–H and O–H groups in total. The van der Waals surface area contributed by atoms with E-state index in [1.807, 2.05) is 44.2 Å². The minimum Gasteiger partial charge on any atom is -0.464 e. The van der Waals surface area contributed by atoms with Gasteiger partial charge in [0.1, 0.15) is 6.10 Å². The van der Waals surface area contributed by atoms with Crippen LogP contribution in [0.5, 0.6) is 0 Å². The lowest BCUT2D eigenvalue weighted by Crippen LogP contribution is -2.52. The first-order valence-corrected chi connectivity index (χ1v) is 14.5. The van der Waals surface area contributed by atoms with E-state index in [9.17, 15) is 19.2 Å². The standard InChI is InChI=1S/C30H48BN3O7/c1-19(2)16-25(35)33(5)18-23(39-6)17-26(36)34-15-11-14-24(34)27(40-7)20(3)29(37)32-21(4)28(41-30(31)38)22-12-9-8-10-13-22/h8-10,12-13,19-21,23-24,27-28H,11,14-18,31H2,1-7H3,(H,32,37). The quantitative estimate of drug-likeness (QED) is 0.321. The molecule has 10 nitrogen and oxygen atoms in total. The summed E-state index contributed by atoms with van der Waals surface area (Å²) in [6.45, 7) is 8.45. The molecule has 228 valence electrons. The first-order chi connectivity index (χ1) is 19.4. The number of methoxy groups -OCH3 is 2. The van der Waals surface area contributed by atoms with Crippen LogP contribution < -0.4 is 5.32 Å². The Morgan fingerprint density at radius 1 is 1.05 bits per heavy atom. The third-order valence-electron chi connectivity index (χ3n) is 7.64. The van der Waals surface area contributed by atoms with Crippen molar-refractivity contribution in [1.82, 2.24) is 15.1 Å². The van der Waals surface area contributed by atoms with Gasteiger partial charge in [-0.15, -0.1) is 0 Å². The number of hydrogen-bond acceptors (Lipinski definition) is 7. The van der Waals surface area contributed by atoms with Crippen LogP contribution in [0.2, 0.25) is 0 Å². The summed E-state index contributed by atoms with van der Waals surface area (Å²) in [6.07, 6.45) is 0.456. The number of ether oxygens (including phenoxy) is 3. The monoisotopic (exact) mass is 573 g/mol. The number of likely N-dealkylation sites (tertiary alicyclic amines) is 1. The van der Waals surface area contributed by atoms with Crippen LogP contribution in [0, 0.1) is 11.8 Å². The summed E-state index contributed by atoms with van der Waals surface area (Å²) >= 11 is 0. The summed E-state index contributed by atoms with van der Waals surface area (Å²) in [6, 6.07) is 8.51. The predicted molar refractivity (Wildman–Crippen MR) is 159 cm³/mol. The fraction of sp³-hybridized carbons (Fsp3) is 0.667. The van der Waals surface area contributed by atoms with Gasteiger partial charge in [-0.25, -0.2) is 0 Å². The van der Waals surface area contributed by atoms with Crippen molar-refractivity contribution in [1.29, 1.82) is 0 Å². The topological polar surface area (TPSA) is 114 Å². The van der Waals surface area contributed by atoms with E-state index in [0.29, 0.717) is 25.9 Å². The Balaban J connectivity index is 2.07. The molecular formula is C30H48BN3O7. The van der Waals surface area contributed by atoms with Crippen LogP contribution in [0.4, 0.5) is 4.79 Å². The molecule has 0 aromatic heterocycles. The molecule has 6 atom stereocenters. The highest BCUT2D eigenvalue weighted by molar-refractivity contribution is 6.55. The van der Waals surface area contributed by atoms with E-state index < -0.39 is 36.1 Å². The molecule has 6 unspecified atom stereocenters. The SMILES string of the molecule is BC(=O)OC(c1ccccc1)C(C)NC(=O)C(C)C(OC)C1CCCN1C(=O)CC(CN(C)C(=O)CC(C)C)OC. The second kappa shape index (κ2) is 16.5. The highest BCUT2D eigenvalue weighted by Gasteiger charge is 2.41. The third kappa shape index (κ3) is 10.1. The molecule has 0 saturated carbocycles. The summed E-state index contributed by atoms with van der Waals surface area (Å²) in [5.74, 6) is -1.09. The van der Waals surface area contributed by atoms with Crippen LogP contribution in [-0.4, -0.2) is 99.9 Å². The Hall–Kier alpha value is -2.92. The van der Waals surface area contributed by atoms with E-state index in [1.54, 1.807) is 44.9 Å². The van der Waals surface area contributed by atoms with Crippen LogP contribution in [0.25, 0.3) is 0 Å². The van der Waals surface area contributed by atoms with Crippen LogP contribution in [0.15, 0.2) is 30.3 Å². The minimum absolute atomic E-state index is 0.0188. The largest absolute Gasteiger partial charge is 0.464 e. The lowest BCUT2D eigenvalue weighted by atomic mass is 9.93. The molecule has 0 spiro atoms. The van der Waals surface area contributed by atoms with Crippen molar-refractivity contribution in [2.24, 2.45) is 11.8 Å². The molecule has 1 aromatic rings. The number of likely N-dealkylation sites (N-methyl/N-ethyl adjacent to an activating group) is 1. The van der Waals surface area contributed by atoms with E-state index in [4.69, 9.17) is 14.2 Å². The number of nitrogens with one attached hydrogen (secondary N) is 1. The average Bonchev–Trinajstić information content (AvgIpc) is 3.41. The van der Waals surface area contributed by atoms with Gasteiger partial charge in [-0.3, -0.25) is 19.2 Å². The van der Waals surface area contributed by atoms with Gasteiger partial charge in [0.25, 0.3) is 0 Å². The molecule has 2 rings (SSSR count). The maximum Gasteiger partial charge on any atom is 0.243 e. The molecule has 0 aliphatic carbocycles. The Morgan fingerprint density at radius 3 is 2.27 bits per heavy atom. The van der Waals surface area contributed by atoms with Crippen LogP contribution in [-0.2, 0) is 28.6 Å². The zero-order valence-corrected chi connectivity index (χ0v) is 25.9. The zero-order chi connectivity index (χ0) is 30.7. The van der Waals surface area contributed by atoms with E-state index in [0.717, 1.165) is 12.0 Å². The summed E-state index contributed by atoms with van der Waals surface area (Å²) < 4.78 is 16.9. The summed E-state index contributed by atoms with van der Waals surface area (Å²) in [4.78, 5) is 54.4. The number of benzene rings is 1. The van der Waals surface area contributed by atoms with Gasteiger partial charge in [-0.1, -0.05) is 51.1 Å². The van der Waals surface area contributed by atoms with Crippen molar-refractivity contribution >= 4 is 31.4 Å². The molecule has 1 aromatic carbocycles. The van der Waals surface area contributed by atoms with Crippen LogP contribution in [0.3, 0.4) is 0 Å². The highest BCUT2D eigenvalue weighted by Crippen LogP contribution is 2.28. The van der Waals surface area contributed by atoms with Crippen molar-refractivity contribution < 1.29 is 33.4 Å². The van der Waals surface area contributed by atoms with Gasteiger partial charge in [0.2, 0.25) is 31.4 Å². The van der Waals surface area contributed by atoms with Gasteiger partial charge >= 0.3 is 0 Å². The van der Waals surface area contributed by atoms with Crippen molar-refractivity contribution in [3.63, 3.8) is 0 Å². The first kappa shape index (κ1) is 34.3. The second-order valence-corrected chi connectivity index (χ2v) is 11.5. The normalized spacial score (nSPS) is 18.7. The second-order valence-electron chi connectivity index (χ2n) is 11.5. The first-order valence-electron chi connectivity index (χ1n) is 14.5. The van der Waals surface area contributed by atoms with Crippen LogP contribution >= 0.6 is 0 Å². The van der Waals surface area contributed by atoms with Crippen LogP contribution in [0.1, 0.15) is 65.0 Å². The Morgan fingerprint density at radius 2 is 1.71 bits per heavy atom. The van der Waals surface area contributed by atoms with Gasteiger partial charge in [0.05, 0.1) is 36.6 Å². The number of carbonyl (C=O) groups is 4. The summed E-state index contributed by atoms with van der Waals surface area (Å²) in [5.41, 5.74) is 0.781. The highest BCUT2D eigenvalue weighted by atomic mass is 16.5. The molecule has 1 aliphatic heterocycles. The van der Waals surface area contributed by atoms with Crippen molar-refractivity contribution in [2.45, 2.75) is 83.8 Å². The minimum atomic E-state index is -0.646. The fourth-order valence-corrected chi connectivity index (χ4v) is 5.45. The molecule has 1 fully saturated rings. The van der Waals surface area contributed by atoms with E-state index in [2.05, 4.69) is 5.32 Å². The van der Waals surface area contributed by atoms with Gasteiger partial charge < -0.3 is 29.3 Å². The molecule has 41 heavy (non-hydrogen) atoms.